The number of hydrogen-bond acceptors (Lipinski definition) is 5. The molecule has 0 amide bonds. The molecule has 0 spiro atoms. The van der Waals surface area contributed by atoms with E-state index in [1.165, 1.54) is 25.0 Å². The standard InChI is InChI=1S/C14H21N3O3/c1-3-15-11-8-13(17(18)19)10-14(9-11)20-7-6-16(2)12-4-5-12/h8-10,12,15H,3-7H2,1-2H3. The Morgan fingerprint density at radius 2 is 2.20 bits per heavy atom. The average molecular weight is 279 g/mol. The highest BCUT2D eigenvalue weighted by atomic mass is 16.6. The molecular formula is C14H21N3O3. The summed E-state index contributed by atoms with van der Waals surface area (Å²) in [5.41, 5.74) is 0.765. The lowest BCUT2D eigenvalue weighted by Crippen LogP contribution is -2.26. The van der Waals surface area contributed by atoms with E-state index in [0.717, 1.165) is 6.54 Å². The van der Waals surface area contributed by atoms with E-state index in [4.69, 9.17) is 4.74 Å². The topological polar surface area (TPSA) is 67.6 Å². The van der Waals surface area contributed by atoms with Crippen molar-refractivity contribution in [1.82, 2.24) is 4.90 Å². The van der Waals surface area contributed by atoms with Crippen molar-refractivity contribution in [3.63, 3.8) is 0 Å². The van der Waals surface area contributed by atoms with Crippen LogP contribution in [-0.2, 0) is 0 Å². The number of nitro groups is 1. The van der Waals surface area contributed by atoms with Crippen LogP contribution in [0.5, 0.6) is 5.75 Å². The number of non-ortho nitro benzene ring substituents is 1. The monoisotopic (exact) mass is 279 g/mol. The minimum absolute atomic E-state index is 0.0500. The van der Waals surface area contributed by atoms with Gasteiger partial charge in [-0.05, 0) is 26.8 Å². The zero-order valence-corrected chi connectivity index (χ0v) is 12.0. The molecule has 6 nitrogen and oxygen atoms in total. The number of nitrogens with zero attached hydrogens (tertiary/aromatic N) is 2. The second-order valence-electron chi connectivity index (χ2n) is 5.06. The zero-order chi connectivity index (χ0) is 14.5. The Hall–Kier alpha value is -1.82. The molecule has 110 valence electrons. The van der Waals surface area contributed by atoms with E-state index >= 15 is 0 Å². The van der Waals surface area contributed by atoms with Crippen LogP contribution >= 0.6 is 0 Å². The summed E-state index contributed by atoms with van der Waals surface area (Å²) in [5, 5.41) is 14.0. The molecule has 0 radical (unpaired) electrons. The van der Waals surface area contributed by atoms with Crippen molar-refractivity contribution in [2.75, 3.05) is 32.1 Å². The highest BCUT2D eigenvalue weighted by molar-refractivity contribution is 5.56. The maximum atomic E-state index is 10.9. The molecule has 0 aliphatic heterocycles. The molecule has 0 atom stereocenters. The van der Waals surface area contributed by atoms with Gasteiger partial charge in [0, 0.05) is 37.0 Å². The van der Waals surface area contributed by atoms with Crippen LogP contribution in [0.3, 0.4) is 0 Å². The van der Waals surface area contributed by atoms with Gasteiger partial charge in [0.1, 0.15) is 12.4 Å². The van der Waals surface area contributed by atoms with E-state index in [9.17, 15) is 10.1 Å². The van der Waals surface area contributed by atoms with Crippen molar-refractivity contribution < 1.29 is 9.66 Å². The van der Waals surface area contributed by atoms with E-state index in [2.05, 4.69) is 17.3 Å². The molecule has 0 unspecified atom stereocenters. The summed E-state index contributed by atoms with van der Waals surface area (Å²) in [6.45, 7) is 4.04. The lowest BCUT2D eigenvalue weighted by atomic mass is 10.2. The lowest BCUT2D eigenvalue weighted by Gasteiger charge is -2.16. The summed E-state index contributed by atoms with van der Waals surface area (Å²) < 4.78 is 5.65. The normalized spacial score (nSPS) is 14.3. The molecule has 2 rings (SSSR count). The fourth-order valence-electron chi connectivity index (χ4n) is 2.08. The summed E-state index contributed by atoms with van der Waals surface area (Å²) in [4.78, 5) is 12.8. The maximum absolute atomic E-state index is 10.9. The number of nitrogens with one attached hydrogen (secondary N) is 1. The molecule has 6 heteroatoms. The Bertz CT molecular complexity index is 475. The first-order valence-electron chi connectivity index (χ1n) is 6.96. The Morgan fingerprint density at radius 1 is 1.45 bits per heavy atom. The van der Waals surface area contributed by atoms with Crippen molar-refractivity contribution in [1.29, 1.82) is 0 Å². The number of hydrogen-bond donors (Lipinski definition) is 1. The van der Waals surface area contributed by atoms with Gasteiger partial charge in [-0.15, -0.1) is 0 Å². The van der Waals surface area contributed by atoms with Crippen molar-refractivity contribution in [2.45, 2.75) is 25.8 Å². The molecule has 1 aliphatic rings. The van der Waals surface area contributed by atoms with Crippen molar-refractivity contribution in [3.05, 3.63) is 28.3 Å². The predicted molar refractivity (Wildman–Crippen MR) is 78.4 cm³/mol. The minimum Gasteiger partial charge on any atom is -0.492 e. The molecular weight excluding hydrogens is 258 g/mol. The van der Waals surface area contributed by atoms with E-state index in [1.807, 2.05) is 6.92 Å². The predicted octanol–water partition coefficient (Wildman–Crippen LogP) is 2.50. The third kappa shape index (κ3) is 4.09. The number of nitro benzene ring substituents is 1. The second kappa shape index (κ2) is 6.56. The molecule has 1 aromatic rings. The molecule has 1 aromatic carbocycles. The van der Waals surface area contributed by atoms with Crippen LogP contribution in [0.15, 0.2) is 18.2 Å². The van der Waals surface area contributed by atoms with Crippen molar-refractivity contribution in [3.8, 4) is 5.75 Å². The van der Waals surface area contributed by atoms with Gasteiger partial charge in [-0.1, -0.05) is 0 Å². The van der Waals surface area contributed by atoms with Crippen LogP contribution in [0, 0.1) is 10.1 Å². The minimum atomic E-state index is -0.399. The van der Waals surface area contributed by atoms with Crippen LogP contribution < -0.4 is 10.1 Å². The van der Waals surface area contributed by atoms with Gasteiger partial charge in [0.05, 0.1) is 11.0 Å². The molecule has 1 aliphatic carbocycles. The van der Waals surface area contributed by atoms with Crippen LogP contribution in [0.1, 0.15) is 19.8 Å². The van der Waals surface area contributed by atoms with Crippen molar-refractivity contribution in [2.24, 2.45) is 0 Å². The molecule has 20 heavy (non-hydrogen) atoms. The largest absolute Gasteiger partial charge is 0.492 e. The summed E-state index contributed by atoms with van der Waals surface area (Å²) in [5.74, 6) is 0.541. The van der Waals surface area contributed by atoms with Gasteiger partial charge in [0.25, 0.3) is 5.69 Å². The highest BCUT2D eigenvalue weighted by Crippen LogP contribution is 2.27. The first-order chi connectivity index (χ1) is 9.60. The van der Waals surface area contributed by atoms with Gasteiger partial charge >= 0.3 is 0 Å². The Labute approximate surface area is 118 Å². The molecule has 1 fully saturated rings. The van der Waals surface area contributed by atoms with E-state index in [-0.39, 0.29) is 5.69 Å². The molecule has 1 saturated carbocycles. The third-order valence-electron chi connectivity index (χ3n) is 3.37. The first kappa shape index (κ1) is 14.6. The number of rotatable bonds is 8. The zero-order valence-electron chi connectivity index (χ0n) is 12.0. The number of benzene rings is 1. The van der Waals surface area contributed by atoms with Gasteiger partial charge in [0.15, 0.2) is 0 Å². The Balaban J connectivity index is 1.95. The molecule has 0 saturated heterocycles. The van der Waals surface area contributed by atoms with Crippen molar-refractivity contribution >= 4 is 11.4 Å². The van der Waals surface area contributed by atoms with Gasteiger partial charge in [0.2, 0.25) is 0 Å². The maximum Gasteiger partial charge on any atom is 0.275 e. The van der Waals surface area contributed by atoms with Gasteiger partial charge in [-0.2, -0.15) is 0 Å². The van der Waals surface area contributed by atoms with Gasteiger partial charge in [-0.25, -0.2) is 0 Å². The van der Waals surface area contributed by atoms with E-state index in [1.54, 1.807) is 6.07 Å². The first-order valence-corrected chi connectivity index (χ1v) is 6.96. The fourth-order valence-corrected chi connectivity index (χ4v) is 2.08. The smallest absolute Gasteiger partial charge is 0.275 e. The molecule has 0 heterocycles. The summed E-state index contributed by atoms with van der Waals surface area (Å²) in [6, 6.07) is 5.49. The molecule has 1 N–H and O–H groups in total. The summed E-state index contributed by atoms with van der Waals surface area (Å²) in [6.07, 6.45) is 2.52. The number of ether oxygens (including phenoxy) is 1. The van der Waals surface area contributed by atoms with Crippen LogP contribution in [-0.4, -0.2) is 42.6 Å². The lowest BCUT2D eigenvalue weighted by molar-refractivity contribution is -0.384. The van der Waals surface area contributed by atoms with Gasteiger partial charge < -0.3 is 15.0 Å². The highest BCUT2D eigenvalue weighted by Gasteiger charge is 2.25. The second-order valence-corrected chi connectivity index (χ2v) is 5.06. The molecule has 0 bridgehead atoms. The van der Waals surface area contributed by atoms with Crippen LogP contribution in [0.2, 0.25) is 0 Å². The SMILES string of the molecule is CCNc1cc(OCCN(C)C2CC2)cc([N+](=O)[O-])c1. The van der Waals surface area contributed by atoms with Crippen LogP contribution in [0.4, 0.5) is 11.4 Å². The van der Waals surface area contributed by atoms with Gasteiger partial charge in [-0.3, -0.25) is 10.1 Å². The van der Waals surface area contributed by atoms with E-state index in [0.29, 0.717) is 30.6 Å². The molecule has 0 aromatic heterocycles. The average Bonchev–Trinajstić information content (AvgIpc) is 3.23. The number of anilines is 1. The third-order valence-corrected chi connectivity index (χ3v) is 3.37. The van der Waals surface area contributed by atoms with Crippen LogP contribution in [0.25, 0.3) is 0 Å². The Morgan fingerprint density at radius 3 is 2.80 bits per heavy atom. The summed E-state index contributed by atoms with van der Waals surface area (Å²) in [7, 11) is 2.08. The quantitative estimate of drug-likeness (QED) is 0.585. The van der Waals surface area contributed by atoms with E-state index < -0.39 is 4.92 Å². The number of likely N-dealkylation sites (N-methyl/N-ethyl adjacent to an activating group) is 1. The fraction of sp³-hybridized carbons (Fsp3) is 0.571. The Kier molecular flexibility index (Phi) is 4.79. The summed E-state index contributed by atoms with van der Waals surface area (Å²) >= 11 is 0.